The molecule has 0 saturated heterocycles. The first kappa shape index (κ1) is 9.35. The van der Waals surface area contributed by atoms with E-state index >= 15 is 0 Å². The number of para-hydroxylation sites is 1. The summed E-state index contributed by atoms with van der Waals surface area (Å²) in [5.74, 6) is 0. The Balaban J connectivity index is 1.96. The van der Waals surface area contributed by atoms with E-state index in [1.165, 1.54) is 9.98 Å². The van der Waals surface area contributed by atoms with Crippen molar-refractivity contribution < 1.29 is 17.4 Å². The van der Waals surface area contributed by atoms with Crippen molar-refractivity contribution in [1.29, 1.82) is 0 Å². The van der Waals surface area contributed by atoms with Crippen molar-refractivity contribution >= 4 is 9.98 Å². The normalized spacial score (nSPS) is 9.14. The average Bonchev–Trinajstić information content (AvgIpc) is 2.29. The van der Waals surface area contributed by atoms with E-state index in [2.05, 4.69) is 27.2 Å². The maximum atomic E-state index is 4.31. The zero-order valence-electron chi connectivity index (χ0n) is 7.85. The second kappa shape index (κ2) is 4.87. The summed E-state index contributed by atoms with van der Waals surface area (Å²) < 4.78 is 4.73. The Morgan fingerprint density at radius 1 is 0.929 bits per heavy atom. The second-order valence-electron chi connectivity index (χ2n) is 3.04. The van der Waals surface area contributed by atoms with E-state index in [9.17, 15) is 0 Å². The van der Waals surface area contributed by atoms with Gasteiger partial charge in [0, 0.05) is 0 Å². The molecule has 0 bridgehead atoms. The van der Waals surface area contributed by atoms with Crippen molar-refractivity contribution in [2.45, 2.75) is 0 Å². The average molecular weight is 236 g/mol. The van der Waals surface area contributed by atoms with Gasteiger partial charge < -0.3 is 0 Å². The molecule has 0 fully saturated rings. The third-order valence-electron chi connectivity index (χ3n) is 1.97. The zero-order chi connectivity index (χ0) is 9.64. The van der Waals surface area contributed by atoms with E-state index in [4.69, 9.17) is 0 Å². The molecule has 2 aromatic rings. The molecular weight excluding hydrogens is 226 g/mol. The molecule has 0 aliphatic rings. The minimum atomic E-state index is -0.905. The van der Waals surface area contributed by atoms with Gasteiger partial charge in [-0.05, 0) is 0 Å². The predicted octanol–water partition coefficient (Wildman–Crippen LogP) is 1.82. The summed E-state index contributed by atoms with van der Waals surface area (Å²) in [4.78, 5) is 4.31. The van der Waals surface area contributed by atoms with Gasteiger partial charge in [0.05, 0.1) is 0 Å². The number of anilines is 1. The van der Waals surface area contributed by atoms with Gasteiger partial charge in [-0.3, -0.25) is 0 Å². The van der Waals surface area contributed by atoms with Gasteiger partial charge in [0.15, 0.2) is 0 Å². The van der Waals surface area contributed by atoms with E-state index in [0.717, 1.165) is 0 Å². The van der Waals surface area contributed by atoms with Crippen LogP contribution in [0.15, 0.2) is 54.7 Å². The molecule has 0 radical (unpaired) electrons. The molecule has 0 aliphatic carbocycles. The van der Waals surface area contributed by atoms with Crippen LogP contribution in [0.1, 0.15) is 0 Å². The molecule has 1 heterocycles. The third kappa shape index (κ3) is 2.64. The monoisotopic (exact) mass is 234 g/mol. The molecule has 0 atom stereocenters. The van der Waals surface area contributed by atoms with Crippen molar-refractivity contribution in [3.8, 4) is 0 Å². The number of nitrogens with one attached hydrogen (secondary N) is 1. The molecule has 14 heavy (non-hydrogen) atoms. The van der Waals surface area contributed by atoms with Crippen LogP contribution in [0.4, 0.5) is 5.69 Å². The van der Waals surface area contributed by atoms with E-state index < -0.39 is 17.4 Å². The Morgan fingerprint density at radius 3 is 2.43 bits per heavy atom. The summed E-state index contributed by atoms with van der Waals surface area (Å²) in [6.45, 7) is 0. The Labute approximate surface area is 91.2 Å². The van der Waals surface area contributed by atoms with Crippen LogP contribution < -0.4 is 8.35 Å². The van der Waals surface area contributed by atoms with Crippen molar-refractivity contribution in [3.05, 3.63) is 54.7 Å². The number of rotatable bonds is 3. The van der Waals surface area contributed by atoms with Gasteiger partial charge in [0.25, 0.3) is 0 Å². The molecule has 66 valence electrons. The van der Waals surface area contributed by atoms with Gasteiger partial charge in [0.1, 0.15) is 0 Å². The van der Waals surface area contributed by atoms with Crippen LogP contribution in [-0.2, 0) is 17.4 Å². The van der Waals surface area contributed by atoms with Gasteiger partial charge in [-0.1, -0.05) is 0 Å². The Kier molecular flexibility index (Phi) is 3.25. The van der Waals surface area contributed by atoms with Crippen LogP contribution in [0.2, 0.25) is 0 Å². The number of pyridine rings is 1. The van der Waals surface area contributed by atoms with E-state index in [1.54, 1.807) is 0 Å². The first-order valence-electron chi connectivity index (χ1n) is 4.64. The van der Waals surface area contributed by atoms with Crippen LogP contribution in [0, 0.1) is 0 Å². The van der Waals surface area contributed by atoms with Gasteiger partial charge in [-0.15, -0.1) is 0 Å². The summed E-state index contributed by atoms with van der Waals surface area (Å²) in [7, 11) is 0. The van der Waals surface area contributed by atoms with Gasteiger partial charge in [-0.2, -0.15) is 0 Å². The van der Waals surface area contributed by atoms with Crippen LogP contribution >= 0.6 is 0 Å². The SMILES string of the molecule is c1ccc([NH][Zn][c]2ccccn2)cc1. The molecule has 0 spiro atoms. The predicted molar refractivity (Wildman–Crippen MR) is 53.9 cm³/mol. The number of hydrogen-bond donors (Lipinski definition) is 1. The van der Waals surface area contributed by atoms with Crippen molar-refractivity contribution in [2.24, 2.45) is 0 Å². The van der Waals surface area contributed by atoms with Crippen molar-refractivity contribution in [1.82, 2.24) is 4.98 Å². The Hall–Kier alpha value is -1.21. The fourth-order valence-corrected chi connectivity index (χ4v) is 3.50. The topological polar surface area (TPSA) is 24.9 Å². The molecule has 1 N–H and O–H groups in total. The zero-order valence-corrected chi connectivity index (χ0v) is 10.8. The molecule has 0 amide bonds. The molecule has 2 nitrogen and oxygen atoms in total. The summed E-state index contributed by atoms with van der Waals surface area (Å²) in [6, 6.07) is 16.4. The Bertz CT molecular complexity index is 336. The van der Waals surface area contributed by atoms with E-state index in [0.29, 0.717) is 0 Å². The van der Waals surface area contributed by atoms with Gasteiger partial charge in [0.2, 0.25) is 0 Å². The van der Waals surface area contributed by atoms with Gasteiger partial charge >= 0.3 is 91.1 Å². The summed E-state index contributed by atoms with van der Waals surface area (Å²) in [5.41, 5.74) is 1.21. The molecule has 2 rings (SSSR count). The second-order valence-corrected chi connectivity index (χ2v) is 6.04. The standard InChI is InChI=1S/C6H6N.C5H4N.Zn/c7-6-4-2-1-3-5-6;1-2-4-6-5-3-1;/h1-5,7H;1-4H;/q-1;;+1. The fraction of sp³-hybridized carbons (Fsp3) is 0. The quantitative estimate of drug-likeness (QED) is 0.821. The van der Waals surface area contributed by atoms with Crippen LogP contribution in [0.5, 0.6) is 0 Å². The van der Waals surface area contributed by atoms with Crippen LogP contribution in [0.3, 0.4) is 0 Å². The van der Waals surface area contributed by atoms with E-state index in [-0.39, 0.29) is 0 Å². The van der Waals surface area contributed by atoms with Crippen LogP contribution in [0.25, 0.3) is 0 Å². The molecule has 1 aromatic heterocycles. The molecule has 0 saturated carbocycles. The number of benzene rings is 1. The maximum absolute atomic E-state index is 4.31. The van der Waals surface area contributed by atoms with Crippen molar-refractivity contribution in [3.63, 3.8) is 0 Å². The molecule has 3 heteroatoms. The molecule has 0 aliphatic heterocycles. The molecular formula is C11H10N2Zn. The summed E-state index contributed by atoms with van der Waals surface area (Å²) >= 11 is -0.905. The number of nitrogens with zero attached hydrogens (tertiary/aromatic N) is 1. The van der Waals surface area contributed by atoms with E-state index in [1.807, 2.05) is 36.5 Å². The Morgan fingerprint density at radius 2 is 1.71 bits per heavy atom. The first-order valence-corrected chi connectivity index (χ1v) is 7.61. The molecule has 1 aromatic carbocycles. The number of aromatic nitrogens is 1. The van der Waals surface area contributed by atoms with Gasteiger partial charge in [-0.25, -0.2) is 0 Å². The molecule has 0 unspecified atom stereocenters. The fourth-order valence-electron chi connectivity index (χ4n) is 1.25. The summed E-state index contributed by atoms with van der Waals surface area (Å²) in [5, 5.41) is 0. The van der Waals surface area contributed by atoms with Crippen molar-refractivity contribution in [2.75, 3.05) is 4.06 Å². The third-order valence-corrected chi connectivity index (χ3v) is 4.84. The first-order chi connectivity index (χ1) is 6.95. The van der Waals surface area contributed by atoms with Crippen LogP contribution in [-0.4, -0.2) is 4.98 Å². The summed E-state index contributed by atoms with van der Waals surface area (Å²) in [6.07, 6.45) is 1.85. The number of hydrogen-bond acceptors (Lipinski definition) is 2. The minimum absolute atomic E-state index is 0.905.